The molecule has 2 heterocycles. The molecular formula is C62H92O6P2. The molecule has 6 rings (SSSR count). The molecule has 6 nitrogen and oxygen atoms in total. The first-order valence-electron chi connectivity index (χ1n) is 26.4. The average molecular weight is 995 g/mol. The molecule has 0 aliphatic carbocycles. The van der Waals surface area contributed by atoms with Crippen molar-refractivity contribution in [1.82, 2.24) is 0 Å². The SMILES string of the molecule is CCC(C)(C)c1cc(-c2cc(C(C)(C)CC)cc(C(C)(C)C)c2Op2oc3c(C(C)(C)C)cc(C(C)(C)CC)cc3c3cc(C(C)(C)CC)cc(C(C)(C)C)c3o2)c(OP2OCCO2)c(C(C)(C)C)c1. The highest BCUT2D eigenvalue weighted by Gasteiger charge is 2.37. The van der Waals surface area contributed by atoms with Crippen LogP contribution < -0.4 is 9.05 Å². The minimum atomic E-state index is -2.14. The lowest BCUT2D eigenvalue weighted by atomic mass is 9.74. The standard InChI is InChI=1S/C62H92O6P2/c1-25-59(17,18)39-31-43(51(47(35-39)55(5,6)7)65-69-63-29-30-64-69)44-32-40(60(19,20)26-2)36-48(56(8,9)10)52(44)66-70-67-53-45(33-41(61(21,22)27-3)37-49(53)57(11,12)13)46-34-42(62(23,24)28-4)38-50(54(46)68-70)58(14,15)16/h31-38H,25-30H2,1-24H3. The van der Waals surface area contributed by atoms with E-state index in [1.54, 1.807) is 0 Å². The first-order valence-corrected chi connectivity index (χ1v) is 28.5. The van der Waals surface area contributed by atoms with Gasteiger partial charge in [-0.3, -0.25) is 0 Å². The van der Waals surface area contributed by atoms with Crippen LogP contribution in [-0.2, 0) is 52.4 Å². The number of rotatable bonds is 13. The molecule has 0 saturated carbocycles. The maximum Gasteiger partial charge on any atom is 0.453 e. The summed E-state index contributed by atoms with van der Waals surface area (Å²) in [4.78, 5) is 0. The second-order valence-electron chi connectivity index (χ2n) is 27.0. The third-order valence-electron chi connectivity index (χ3n) is 16.0. The third kappa shape index (κ3) is 11.4. The van der Waals surface area contributed by atoms with Crippen molar-refractivity contribution in [2.24, 2.45) is 0 Å². The molecule has 0 amide bonds. The van der Waals surface area contributed by atoms with Crippen molar-refractivity contribution in [3.05, 3.63) is 93.0 Å². The van der Waals surface area contributed by atoms with Gasteiger partial charge in [-0.1, -0.05) is 190 Å². The summed E-state index contributed by atoms with van der Waals surface area (Å²) in [5, 5.41) is 2.11. The summed E-state index contributed by atoms with van der Waals surface area (Å²) in [6.07, 6.45) is 3.90. The van der Waals surface area contributed by atoms with Gasteiger partial charge in [0.1, 0.15) is 22.7 Å². The summed E-state index contributed by atoms with van der Waals surface area (Å²) in [6.45, 7) is 56.4. The van der Waals surface area contributed by atoms with Gasteiger partial charge >= 0.3 is 16.8 Å². The Balaban J connectivity index is 1.91. The maximum atomic E-state index is 7.78. The van der Waals surface area contributed by atoms with Gasteiger partial charge in [0.05, 0.1) is 13.2 Å². The molecule has 70 heavy (non-hydrogen) atoms. The summed E-state index contributed by atoms with van der Waals surface area (Å²) in [6, 6.07) is 19.0. The number of hydrogen-bond donors (Lipinski definition) is 0. The van der Waals surface area contributed by atoms with Crippen molar-refractivity contribution in [2.45, 2.75) is 235 Å². The Morgan fingerprint density at radius 1 is 0.386 bits per heavy atom. The van der Waals surface area contributed by atoms with Crippen LogP contribution in [0.1, 0.15) is 236 Å². The fraction of sp³-hybridized carbons (Fsp3) is 0.613. The predicted octanol–water partition coefficient (Wildman–Crippen LogP) is 20.4. The van der Waals surface area contributed by atoms with Crippen LogP contribution in [0.5, 0.6) is 11.5 Å². The topological polar surface area (TPSA) is 63.2 Å². The van der Waals surface area contributed by atoms with E-state index < -0.39 is 16.8 Å². The Morgan fingerprint density at radius 2 is 0.671 bits per heavy atom. The van der Waals surface area contributed by atoms with Crippen molar-refractivity contribution in [2.75, 3.05) is 13.2 Å². The van der Waals surface area contributed by atoms with E-state index in [4.69, 9.17) is 26.5 Å². The molecule has 0 unspecified atom stereocenters. The lowest BCUT2D eigenvalue weighted by Gasteiger charge is -2.33. The molecule has 0 atom stereocenters. The van der Waals surface area contributed by atoms with Crippen LogP contribution in [0.2, 0.25) is 0 Å². The van der Waals surface area contributed by atoms with Crippen LogP contribution in [0, 0.1) is 0 Å². The maximum absolute atomic E-state index is 7.78. The van der Waals surface area contributed by atoms with E-state index in [2.05, 4.69) is 215 Å². The van der Waals surface area contributed by atoms with Gasteiger partial charge in [0.25, 0.3) is 0 Å². The molecule has 5 aromatic rings. The predicted molar refractivity (Wildman–Crippen MR) is 302 cm³/mol. The summed E-state index contributed by atoms with van der Waals surface area (Å²) in [7, 11) is -3.77. The largest absolute Gasteiger partial charge is 0.453 e. The highest BCUT2D eigenvalue weighted by atomic mass is 31.2. The minimum Gasteiger partial charge on any atom is -0.426 e. The molecule has 0 radical (unpaired) electrons. The van der Waals surface area contributed by atoms with E-state index in [9.17, 15) is 0 Å². The summed E-state index contributed by atoms with van der Waals surface area (Å²) < 4.78 is 42.3. The molecule has 1 aliphatic heterocycles. The van der Waals surface area contributed by atoms with E-state index in [-0.39, 0.29) is 43.3 Å². The van der Waals surface area contributed by atoms with Gasteiger partial charge in [-0.25, -0.2) is 0 Å². The summed E-state index contributed by atoms with van der Waals surface area (Å²) in [5.74, 6) is 1.50. The molecule has 1 aliphatic rings. The zero-order chi connectivity index (χ0) is 52.5. The fourth-order valence-corrected chi connectivity index (χ4v) is 11.1. The Kier molecular flexibility index (Phi) is 15.6. The molecule has 1 saturated heterocycles. The number of fused-ring (bicyclic) bond motifs is 3. The van der Waals surface area contributed by atoms with Gasteiger partial charge in [0, 0.05) is 44.2 Å². The highest BCUT2D eigenvalue weighted by Crippen LogP contribution is 2.56. The Labute approximate surface area is 427 Å². The first-order chi connectivity index (χ1) is 32.0. The zero-order valence-corrected chi connectivity index (χ0v) is 50.0. The molecular weight excluding hydrogens is 903 g/mol. The van der Waals surface area contributed by atoms with E-state index in [0.717, 1.165) is 92.5 Å². The van der Waals surface area contributed by atoms with Crippen LogP contribution in [0.4, 0.5) is 0 Å². The van der Waals surface area contributed by atoms with Gasteiger partial charge in [0.2, 0.25) is 0 Å². The Hall–Kier alpha value is -3.27. The number of benzene rings is 4. The smallest absolute Gasteiger partial charge is 0.426 e. The van der Waals surface area contributed by atoms with Gasteiger partial charge < -0.3 is 26.5 Å². The van der Waals surface area contributed by atoms with Crippen molar-refractivity contribution in [3.63, 3.8) is 0 Å². The quantitative estimate of drug-likeness (QED) is 0.110. The van der Waals surface area contributed by atoms with E-state index in [0.29, 0.717) is 13.2 Å². The summed E-state index contributed by atoms with van der Waals surface area (Å²) >= 11 is 0. The molecule has 8 heteroatoms. The average Bonchev–Trinajstić information content (AvgIpc) is 3.72. The molecule has 0 N–H and O–H groups in total. The number of hydrogen-bond acceptors (Lipinski definition) is 6. The Bertz CT molecular complexity index is 2660. The van der Waals surface area contributed by atoms with Crippen molar-refractivity contribution >= 4 is 38.8 Å². The zero-order valence-electron chi connectivity index (χ0n) is 48.2. The second kappa shape index (κ2) is 19.5. The summed E-state index contributed by atoms with van der Waals surface area (Å²) in [5.41, 5.74) is 11.4. The van der Waals surface area contributed by atoms with Crippen molar-refractivity contribution in [3.8, 4) is 22.6 Å². The van der Waals surface area contributed by atoms with Gasteiger partial charge in [-0.2, -0.15) is 0 Å². The lowest BCUT2D eigenvalue weighted by molar-refractivity contribution is 0.349. The normalized spacial score (nSPS) is 15.1. The molecule has 0 spiro atoms. The van der Waals surface area contributed by atoms with Crippen LogP contribution in [-0.4, -0.2) is 13.2 Å². The van der Waals surface area contributed by atoms with Crippen molar-refractivity contribution < 1.29 is 26.5 Å². The van der Waals surface area contributed by atoms with Crippen LogP contribution in [0.25, 0.3) is 33.1 Å². The van der Waals surface area contributed by atoms with Crippen molar-refractivity contribution in [1.29, 1.82) is 0 Å². The van der Waals surface area contributed by atoms with Crippen LogP contribution in [0.15, 0.2) is 56.9 Å². The van der Waals surface area contributed by atoms with E-state index >= 15 is 0 Å². The van der Waals surface area contributed by atoms with E-state index in [1.165, 1.54) is 22.3 Å². The molecule has 4 aromatic carbocycles. The van der Waals surface area contributed by atoms with E-state index in [1.807, 2.05) is 0 Å². The molecule has 386 valence electrons. The third-order valence-corrected chi connectivity index (χ3v) is 18.1. The van der Waals surface area contributed by atoms with Gasteiger partial charge in [-0.15, -0.1) is 0 Å². The van der Waals surface area contributed by atoms with Gasteiger partial charge in [-0.05, 0) is 116 Å². The molecule has 0 bridgehead atoms. The lowest BCUT2D eigenvalue weighted by Crippen LogP contribution is -2.21. The van der Waals surface area contributed by atoms with Crippen LogP contribution >= 0.6 is 16.8 Å². The fourth-order valence-electron chi connectivity index (χ4n) is 8.98. The Morgan fingerprint density at radius 3 is 0.971 bits per heavy atom. The minimum absolute atomic E-state index is 0.0796. The van der Waals surface area contributed by atoms with Gasteiger partial charge in [0.15, 0.2) is 0 Å². The highest BCUT2D eigenvalue weighted by molar-refractivity contribution is 7.42. The van der Waals surface area contributed by atoms with Crippen LogP contribution in [0.3, 0.4) is 0 Å². The monoisotopic (exact) mass is 995 g/mol. The molecule has 1 aromatic heterocycles. The first kappa shape index (κ1) is 56.0. The second-order valence-corrected chi connectivity index (χ2v) is 29.2. The molecule has 1 fully saturated rings.